The minimum absolute atomic E-state index is 0.0732. The molecule has 0 spiro atoms. The van der Waals surface area contributed by atoms with Gasteiger partial charge in [0, 0.05) is 19.0 Å². The van der Waals surface area contributed by atoms with Crippen LogP contribution in [-0.2, 0) is 14.8 Å². The van der Waals surface area contributed by atoms with E-state index >= 15 is 0 Å². The lowest BCUT2D eigenvalue weighted by atomic mass is 9.97. The smallest absolute Gasteiger partial charge is 0.296 e. The lowest BCUT2D eigenvalue weighted by molar-refractivity contribution is -0.384. The van der Waals surface area contributed by atoms with Gasteiger partial charge >= 0.3 is 0 Å². The van der Waals surface area contributed by atoms with Gasteiger partial charge in [-0.25, -0.2) is 8.42 Å². The van der Waals surface area contributed by atoms with Crippen LogP contribution in [0.25, 0.3) is 0 Å². The maximum absolute atomic E-state index is 12.8. The first-order valence-corrected chi connectivity index (χ1v) is 11.0. The molecule has 2 aromatic rings. The number of amides is 1. The summed E-state index contributed by atoms with van der Waals surface area (Å²) < 4.78 is 37.0. The van der Waals surface area contributed by atoms with Crippen molar-refractivity contribution in [3.05, 3.63) is 52.6 Å². The molecule has 1 N–H and O–H groups in total. The molecule has 1 saturated heterocycles. The number of anilines is 1. The van der Waals surface area contributed by atoms with E-state index in [0.29, 0.717) is 24.3 Å². The summed E-state index contributed by atoms with van der Waals surface area (Å²) in [5, 5.41) is 13.9. The number of hydrogen-bond acceptors (Lipinski definition) is 7. The quantitative estimate of drug-likeness (QED) is 0.508. The minimum atomic E-state index is -3.68. The Morgan fingerprint density at radius 3 is 2.19 bits per heavy atom. The Bertz CT molecular complexity index is 1060. The lowest BCUT2D eigenvalue weighted by Gasteiger charge is -2.30. The number of piperidine rings is 1. The second-order valence-electron chi connectivity index (χ2n) is 6.98. The Morgan fingerprint density at radius 1 is 1.06 bits per heavy atom. The lowest BCUT2D eigenvalue weighted by Crippen LogP contribution is -2.41. The molecule has 0 atom stereocenters. The van der Waals surface area contributed by atoms with E-state index in [1.807, 2.05) is 0 Å². The highest BCUT2D eigenvalue weighted by atomic mass is 32.2. The first-order chi connectivity index (χ1) is 14.8. The third-order valence-corrected chi connectivity index (χ3v) is 7.09. The molecule has 0 aromatic heterocycles. The number of nitrogens with zero attached hydrogens (tertiary/aromatic N) is 2. The zero-order valence-corrected chi connectivity index (χ0v) is 17.9. The van der Waals surface area contributed by atoms with Crippen molar-refractivity contribution in [3.8, 4) is 11.5 Å². The maximum Gasteiger partial charge on any atom is 0.296 e. The SMILES string of the molecule is COc1ccc(S(=O)(=O)N2CCC(C(=O)Nc3ccc(OC)cc3[N+](=O)[O-])CC2)cc1. The van der Waals surface area contributed by atoms with Crippen LogP contribution in [0.1, 0.15) is 12.8 Å². The fourth-order valence-electron chi connectivity index (χ4n) is 3.39. The maximum atomic E-state index is 12.8. The number of hydrogen-bond donors (Lipinski definition) is 1. The van der Waals surface area contributed by atoms with Crippen molar-refractivity contribution in [2.45, 2.75) is 17.7 Å². The number of carbonyl (C=O) groups is 1. The summed E-state index contributed by atoms with van der Waals surface area (Å²) in [6, 6.07) is 10.3. The molecular formula is C20H23N3O7S. The third kappa shape index (κ3) is 4.94. The average molecular weight is 449 g/mol. The van der Waals surface area contributed by atoms with Crippen molar-refractivity contribution in [2.24, 2.45) is 5.92 Å². The number of carbonyl (C=O) groups excluding carboxylic acids is 1. The van der Waals surface area contributed by atoms with Gasteiger partial charge in [0.15, 0.2) is 0 Å². The molecule has 1 fully saturated rings. The number of nitro benzene ring substituents is 1. The summed E-state index contributed by atoms with van der Waals surface area (Å²) in [7, 11) is -0.784. The highest BCUT2D eigenvalue weighted by Gasteiger charge is 2.32. The van der Waals surface area contributed by atoms with E-state index in [1.54, 1.807) is 12.1 Å². The van der Waals surface area contributed by atoms with E-state index in [4.69, 9.17) is 9.47 Å². The molecule has 1 amide bonds. The summed E-state index contributed by atoms with van der Waals surface area (Å²) in [5.41, 5.74) is -0.198. The van der Waals surface area contributed by atoms with Gasteiger partial charge in [-0.3, -0.25) is 14.9 Å². The number of nitrogens with one attached hydrogen (secondary N) is 1. The summed E-state index contributed by atoms with van der Waals surface area (Å²) in [4.78, 5) is 23.5. The zero-order chi connectivity index (χ0) is 22.6. The molecular weight excluding hydrogens is 426 g/mol. The van der Waals surface area contributed by atoms with Gasteiger partial charge in [0.05, 0.1) is 30.1 Å². The normalized spacial score (nSPS) is 15.3. The fraction of sp³-hybridized carbons (Fsp3) is 0.350. The van der Waals surface area contributed by atoms with Gasteiger partial charge in [0.1, 0.15) is 17.2 Å². The van der Waals surface area contributed by atoms with E-state index in [-0.39, 0.29) is 35.3 Å². The molecule has 166 valence electrons. The molecule has 0 aliphatic carbocycles. The molecule has 2 aromatic carbocycles. The second kappa shape index (κ2) is 9.31. The minimum Gasteiger partial charge on any atom is -0.497 e. The molecule has 1 aliphatic rings. The summed E-state index contributed by atoms with van der Waals surface area (Å²) >= 11 is 0. The highest BCUT2D eigenvalue weighted by Crippen LogP contribution is 2.31. The van der Waals surface area contributed by atoms with Crippen molar-refractivity contribution in [3.63, 3.8) is 0 Å². The molecule has 10 nitrogen and oxygen atoms in total. The van der Waals surface area contributed by atoms with E-state index < -0.39 is 20.9 Å². The molecule has 3 rings (SSSR count). The largest absolute Gasteiger partial charge is 0.497 e. The monoisotopic (exact) mass is 449 g/mol. The average Bonchev–Trinajstić information content (AvgIpc) is 2.79. The van der Waals surface area contributed by atoms with E-state index in [9.17, 15) is 23.3 Å². The van der Waals surface area contributed by atoms with Crippen LogP contribution < -0.4 is 14.8 Å². The number of ether oxygens (including phenoxy) is 2. The molecule has 1 aliphatic heterocycles. The first kappa shape index (κ1) is 22.5. The van der Waals surface area contributed by atoms with Crippen LogP contribution in [0.4, 0.5) is 11.4 Å². The van der Waals surface area contributed by atoms with Crippen molar-refractivity contribution < 1.29 is 27.6 Å². The first-order valence-electron chi connectivity index (χ1n) is 9.53. The van der Waals surface area contributed by atoms with Gasteiger partial charge in [0.25, 0.3) is 5.69 Å². The molecule has 0 radical (unpaired) electrons. The van der Waals surface area contributed by atoms with Crippen LogP contribution in [-0.4, -0.2) is 50.9 Å². The van der Waals surface area contributed by atoms with Gasteiger partial charge in [-0.15, -0.1) is 0 Å². The van der Waals surface area contributed by atoms with Crippen LogP contribution in [0.5, 0.6) is 11.5 Å². The van der Waals surface area contributed by atoms with Crippen LogP contribution in [0, 0.1) is 16.0 Å². The predicted octanol–water partition coefficient (Wildman–Crippen LogP) is 2.65. The van der Waals surface area contributed by atoms with Crippen LogP contribution in [0.15, 0.2) is 47.4 Å². The van der Waals surface area contributed by atoms with Gasteiger partial charge in [-0.2, -0.15) is 4.31 Å². The Hall–Kier alpha value is -3.18. The molecule has 0 saturated carbocycles. The van der Waals surface area contributed by atoms with E-state index in [2.05, 4.69) is 5.32 Å². The molecule has 31 heavy (non-hydrogen) atoms. The van der Waals surface area contributed by atoms with Gasteiger partial charge in [0.2, 0.25) is 15.9 Å². The summed E-state index contributed by atoms with van der Waals surface area (Å²) in [5.74, 6) is 0.0301. The number of nitro groups is 1. The van der Waals surface area contributed by atoms with Crippen molar-refractivity contribution in [1.29, 1.82) is 0 Å². The second-order valence-corrected chi connectivity index (χ2v) is 8.92. The van der Waals surface area contributed by atoms with Crippen LogP contribution in [0.3, 0.4) is 0 Å². The van der Waals surface area contributed by atoms with E-state index in [1.165, 1.54) is 48.9 Å². The van der Waals surface area contributed by atoms with Crippen LogP contribution in [0.2, 0.25) is 0 Å². The zero-order valence-electron chi connectivity index (χ0n) is 17.1. The molecule has 0 bridgehead atoms. The molecule has 1 heterocycles. The summed E-state index contributed by atoms with van der Waals surface area (Å²) in [6.45, 7) is 0.355. The molecule has 11 heteroatoms. The predicted molar refractivity (Wildman–Crippen MR) is 113 cm³/mol. The third-order valence-electron chi connectivity index (χ3n) is 5.18. The van der Waals surface area contributed by atoms with Crippen LogP contribution >= 0.6 is 0 Å². The van der Waals surface area contributed by atoms with Crippen molar-refractivity contribution in [2.75, 3.05) is 32.6 Å². The Labute approximate surface area is 180 Å². The number of methoxy groups -OCH3 is 2. The Morgan fingerprint density at radius 2 is 1.65 bits per heavy atom. The van der Waals surface area contributed by atoms with Crippen molar-refractivity contribution >= 4 is 27.3 Å². The molecule has 0 unspecified atom stereocenters. The number of benzene rings is 2. The van der Waals surface area contributed by atoms with Gasteiger partial charge < -0.3 is 14.8 Å². The Balaban J connectivity index is 1.65. The van der Waals surface area contributed by atoms with Gasteiger partial charge in [-0.1, -0.05) is 0 Å². The number of rotatable bonds is 7. The van der Waals surface area contributed by atoms with E-state index in [0.717, 1.165) is 0 Å². The number of sulfonamides is 1. The highest BCUT2D eigenvalue weighted by molar-refractivity contribution is 7.89. The van der Waals surface area contributed by atoms with Crippen molar-refractivity contribution in [1.82, 2.24) is 4.31 Å². The standard InChI is InChI=1S/C20H23N3O7S/c1-29-15-3-6-17(7-4-15)31(27,28)22-11-9-14(10-12-22)20(24)21-18-8-5-16(30-2)13-19(18)23(25)26/h3-8,13-14H,9-12H2,1-2H3,(H,21,24). The van der Waals surface area contributed by atoms with Gasteiger partial charge in [-0.05, 0) is 49.2 Å². The summed E-state index contributed by atoms with van der Waals surface area (Å²) in [6.07, 6.45) is 0.621. The topological polar surface area (TPSA) is 128 Å². The fourth-order valence-corrected chi connectivity index (χ4v) is 4.85. The Kier molecular flexibility index (Phi) is 6.76.